The summed E-state index contributed by atoms with van der Waals surface area (Å²) < 4.78 is 19.6. The Hall–Kier alpha value is -2.11. The molecule has 1 aliphatic heterocycles. The second-order valence-corrected chi connectivity index (χ2v) is 6.71. The van der Waals surface area contributed by atoms with Gasteiger partial charge >= 0.3 is 0 Å². The van der Waals surface area contributed by atoms with Crippen LogP contribution < -0.4 is 15.4 Å². The van der Waals surface area contributed by atoms with Gasteiger partial charge in [0.05, 0.1) is 12.3 Å². The number of rotatable bonds is 6. The highest BCUT2D eigenvalue weighted by Crippen LogP contribution is 2.30. The monoisotopic (exact) mass is 334 g/mol. The van der Waals surface area contributed by atoms with Gasteiger partial charge in [-0.15, -0.1) is 0 Å². The summed E-state index contributed by atoms with van der Waals surface area (Å²) in [5, 5.41) is 5.39. The van der Waals surface area contributed by atoms with Crippen molar-refractivity contribution >= 4 is 17.5 Å². The second-order valence-electron chi connectivity index (χ2n) is 6.71. The maximum absolute atomic E-state index is 14.1. The molecule has 0 spiro atoms. The third-order valence-corrected chi connectivity index (χ3v) is 4.46. The molecule has 3 rings (SSSR count). The summed E-state index contributed by atoms with van der Waals surface area (Å²) in [7, 11) is 0. The van der Waals surface area contributed by atoms with Crippen LogP contribution in [-0.4, -0.2) is 25.0 Å². The van der Waals surface area contributed by atoms with Crippen molar-refractivity contribution in [3.8, 4) is 5.75 Å². The minimum atomic E-state index is -0.504. The molecule has 1 atom stereocenters. The highest BCUT2D eigenvalue weighted by Gasteiger charge is 2.22. The van der Waals surface area contributed by atoms with Gasteiger partial charge in [0.25, 0.3) is 0 Å². The molecular formula is C18H23FN2O3. The highest BCUT2D eigenvalue weighted by molar-refractivity contribution is 5.91. The van der Waals surface area contributed by atoms with Crippen LogP contribution in [0.5, 0.6) is 5.75 Å². The Bertz CT molecular complexity index is 616. The van der Waals surface area contributed by atoms with Crippen molar-refractivity contribution in [2.24, 2.45) is 11.8 Å². The van der Waals surface area contributed by atoms with Crippen molar-refractivity contribution < 1.29 is 18.7 Å². The molecule has 1 aliphatic carbocycles. The lowest BCUT2D eigenvalue weighted by molar-refractivity contribution is -0.122. The topological polar surface area (TPSA) is 67.4 Å². The van der Waals surface area contributed by atoms with E-state index in [4.69, 9.17) is 4.74 Å². The van der Waals surface area contributed by atoms with Crippen molar-refractivity contribution in [3.05, 3.63) is 24.0 Å². The number of hydrogen-bond donors (Lipinski definition) is 2. The average molecular weight is 334 g/mol. The van der Waals surface area contributed by atoms with Gasteiger partial charge in [-0.05, 0) is 49.7 Å². The van der Waals surface area contributed by atoms with Crippen LogP contribution in [0.3, 0.4) is 0 Å². The van der Waals surface area contributed by atoms with E-state index in [-0.39, 0.29) is 29.8 Å². The van der Waals surface area contributed by atoms with Gasteiger partial charge in [0.2, 0.25) is 11.8 Å². The predicted octanol–water partition coefficient (Wildman–Crippen LogP) is 2.86. The number of halogens is 1. The first-order valence-electron chi connectivity index (χ1n) is 8.59. The van der Waals surface area contributed by atoms with Gasteiger partial charge in [-0.3, -0.25) is 9.59 Å². The van der Waals surface area contributed by atoms with Crippen LogP contribution in [0, 0.1) is 17.7 Å². The Morgan fingerprint density at radius 3 is 2.88 bits per heavy atom. The molecule has 1 unspecified atom stereocenters. The molecule has 2 amide bonds. The molecule has 2 aliphatic rings. The summed E-state index contributed by atoms with van der Waals surface area (Å²) in [5.41, 5.74) is 0.150. The van der Waals surface area contributed by atoms with E-state index in [2.05, 4.69) is 10.6 Å². The minimum absolute atomic E-state index is 0.0108. The molecule has 1 saturated carbocycles. The van der Waals surface area contributed by atoms with Crippen LogP contribution in [0.4, 0.5) is 10.1 Å². The highest BCUT2D eigenvalue weighted by atomic mass is 19.1. The van der Waals surface area contributed by atoms with Crippen LogP contribution in [-0.2, 0) is 9.59 Å². The van der Waals surface area contributed by atoms with Crippen molar-refractivity contribution in [2.75, 3.05) is 18.5 Å². The summed E-state index contributed by atoms with van der Waals surface area (Å²) in [6.45, 7) is 1.28. The van der Waals surface area contributed by atoms with Crippen LogP contribution in [0.25, 0.3) is 0 Å². The fraction of sp³-hybridized carbons (Fsp3) is 0.556. The van der Waals surface area contributed by atoms with Crippen LogP contribution in [0.15, 0.2) is 18.2 Å². The Balaban J connectivity index is 1.52. The summed E-state index contributed by atoms with van der Waals surface area (Å²) in [6.07, 6.45) is 4.62. The van der Waals surface area contributed by atoms with E-state index >= 15 is 0 Å². The summed E-state index contributed by atoms with van der Waals surface area (Å²) >= 11 is 0. The minimum Gasteiger partial charge on any atom is -0.493 e. The van der Waals surface area contributed by atoms with Gasteiger partial charge < -0.3 is 15.4 Å². The average Bonchev–Trinajstić information content (AvgIpc) is 3.36. The Morgan fingerprint density at radius 1 is 1.29 bits per heavy atom. The zero-order chi connectivity index (χ0) is 16.9. The first-order valence-corrected chi connectivity index (χ1v) is 8.59. The number of carbonyl (C=O) groups excluding carboxylic acids is 2. The van der Waals surface area contributed by atoms with Gasteiger partial charge in [0.15, 0.2) is 0 Å². The van der Waals surface area contributed by atoms with E-state index in [0.717, 1.165) is 12.8 Å². The van der Waals surface area contributed by atoms with Crippen LogP contribution in [0.1, 0.15) is 38.5 Å². The zero-order valence-corrected chi connectivity index (χ0v) is 13.6. The fourth-order valence-corrected chi connectivity index (χ4v) is 2.88. The first kappa shape index (κ1) is 16.7. The molecule has 1 aromatic rings. The zero-order valence-electron chi connectivity index (χ0n) is 13.6. The van der Waals surface area contributed by atoms with Crippen LogP contribution >= 0.6 is 0 Å². The quantitative estimate of drug-likeness (QED) is 0.840. The molecular weight excluding hydrogens is 311 g/mol. The SMILES string of the molecule is O=C1CC(CC(=O)Nc2ccc(OCC3CC3)cc2F)CCCN1. The molecule has 130 valence electrons. The predicted molar refractivity (Wildman–Crippen MR) is 88.2 cm³/mol. The first-order chi connectivity index (χ1) is 11.6. The Kier molecular flexibility index (Phi) is 5.33. The van der Waals surface area contributed by atoms with Crippen LogP contribution in [0.2, 0.25) is 0 Å². The molecule has 0 bridgehead atoms. The molecule has 5 nitrogen and oxygen atoms in total. The number of ether oxygens (including phenoxy) is 1. The van der Waals surface area contributed by atoms with E-state index in [0.29, 0.717) is 31.2 Å². The van der Waals surface area contributed by atoms with Gasteiger partial charge in [0.1, 0.15) is 11.6 Å². The van der Waals surface area contributed by atoms with E-state index in [1.54, 1.807) is 6.07 Å². The molecule has 1 heterocycles. The molecule has 1 aromatic carbocycles. The number of anilines is 1. The van der Waals surface area contributed by atoms with E-state index in [1.165, 1.54) is 25.0 Å². The van der Waals surface area contributed by atoms with Crippen molar-refractivity contribution in [1.82, 2.24) is 5.32 Å². The fourth-order valence-electron chi connectivity index (χ4n) is 2.88. The van der Waals surface area contributed by atoms with E-state index in [9.17, 15) is 14.0 Å². The third-order valence-electron chi connectivity index (χ3n) is 4.46. The van der Waals surface area contributed by atoms with E-state index in [1.807, 2.05) is 0 Å². The summed E-state index contributed by atoms with van der Waals surface area (Å²) in [6, 6.07) is 4.49. The number of carbonyl (C=O) groups is 2. The summed E-state index contributed by atoms with van der Waals surface area (Å²) in [4.78, 5) is 23.6. The van der Waals surface area contributed by atoms with Gasteiger partial charge in [0, 0.05) is 25.5 Å². The number of nitrogens with one attached hydrogen (secondary N) is 2. The standard InChI is InChI=1S/C18H23FN2O3/c19-15-10-14(24-11-12-3-4-12)5-6-16(15)21-18(23)9-13-2-1-7-20-17(22)8-13/h5-6,10,12-13H,1-4,7-9,11H2,(H,20,22)(H,21,23). The molecule has 6 heteroatoms. The van der Waals surface area contributed by atoms with Crippen molar-refractivity contribution in [3.63, 3.8) is 0 Å². The molecule has 2 N–H and O–H groups in total. The summed E-state index contributed by atoms with van der Waals surface area (Å²) in [5.74, 6) is 0.308. The van der Waals surface area contributed by atoms with Gasteiger partial charge in [-0.2, -0.15) is 0 Å². The molecule has 1 saturated heterocycles. The van der Waals surface area contributed by atoms with Gasteiger partial charge in [-0.1, -0.05) is 0 Å². The number of benzene rings is 1. The molecule has 2 fully saturated rings. The van der Waals surface area contributed by atoms with E-state index < -0.39 is 5.82 Å². The van der Waals surface area contributed by atoms with Crippen molar-refractivity contribution in [2.45, 2.75) is 38.5 Å². The number of hydrogen-bond acceptors (Lipinski definition) is 3. The third kappa shape index (κ3) is 4.94. The molecule has 24 heavy (non-hydrogen) atoms. The second kappa shape index (κ2) is 7.64. The normalized spacial score (nSPS) is 20.9. The lowest BCUT2D eigenvalue weighted by Crippen LogP contribution is -2.24. The maximum atomic E-state index is 14.1. The lowest BCUT2D eigenvalue weighted by atomic mass is 9.96. The van der Waals surface area contributed by atoms with Crippen molar-refractivity contribution in [1.29, 1.82) is 0 Å². The Morgan fingerprint density at radius 2 is 2.12 bits per heavy atom. The Labute approximate surface area is 141 Å². The molecule has 0 radical (unpaired) electrons. The van der Waals surface area contributed by atoms with Gasteiger partial charge in [-0.25, -0.2) is 4.39 Å². The lowest BCUT2D eigenvalue weighted by Gasteiger charge is -2.13. The molecule has 0 aromatic heterocycles. The largest absolute Gasteiger partial charge is 0.493 e. The smallest absolute Gasteiger partial charge is 0.224 e. The maximum Gasteiger partial charge on any atom is 0.224 e. The number of amides is 2.